The topological polar surface area (TPSA) is 84.2 Å². The number of anilines is 2. The quantitative estimate of drug-likeness (QED) is 0.937. The molecule has 1 fully saturated rings. The summed E-state index contributed by atoms with van der Waals surface area (Å²) in [4.78, 5) is 22.6. The molecule has 3 rings (SSSR count). The molecule has 3 heterocycles. The second kappa shape index (κ2) is 6.13. The Morgan fingerprint density at radius 3 is 2.59 bits per heavy atom. The first-order chi connectivity index (χ1) is 10.6. The molecule has 1 saturated heterocycles. The molecule has 0 aromatic carbocycles. The lowest BCUT2D eigenvalue weighted by Gasteiger charge is -2.30. The van der Waals surface area contributed by atoms with Gasteiger partial charge in [0.1, 0.15) is 5.76 Å². The van der Waals surface area contributed by atoms with Crippen LogP contribution in [0.4, 0.5) is 11.8 Å². The molecule has 7 heteroatoms. The van der Waals surface area contributed by atoms with Crippen molar-refractivity contribution in [2.45, 2.75) is 26.7 Å². The van der Waals surface area contributed by atoms with Crippen molar-refractivity contribution < 1.29 is 9.32 Å². The standard InChI is InChI=1S/C15H19N5O2/c1-10-3-5-20(6-4-10)14(21)12-8-16-15(17-9-12)18-13-7-11(2)22-19-13/h7-10H,3-6H2,1-2H3,(H,16,17,18,19). The molecule has 7 nitrogen and oxygen atoms in total. The lowest BCUT2D eigenvalue weighted by molar-refractivity contribution is 0.0696. The maximum atomic E-state index is 12.4. The zero-order valence-electron chi connectivity index (χ0n) is 12.7. The number of hydrogen-bond acceptors (Lipinski definition) is 6. The van der Waals surface area contributed by atoms with E-state index in [1.165, 1.54) is 0 Å². The van der Waals surface area contributed by atoms with Gasteiger partial charge in [-0.3, -0.25) is 4.79 Å². The number of aromatic nitrogens is 3. The van der Waals surface area contributed by atoms with E-state index in [4.69, 9.17) is 4.52 Å². The Morgan fingerprint density at radius 1 is 1.32 bits per heavy atom. The Kier molecular flexibility index (Phi) is 4.04. The first kappa shape index (κ1) is 14.5. The SMILES string of the molecule is Cc1cc(Nc2ncc(C(=O)N3CCC(C)CC3)cn2)no1. The van der Waals surface area contributed by atoms with Gasteiger partial charge in [0.15, 0.2) is 5.82 Å². The van der Waals surface area contributed by atoms with Crippen LogP contribution in [0.1, 0.15) is 35.9 Å². The highest BCUT2D eigenvalue weighted by Crippen LogP contribution is 2.18. The maximum Gasteiger partial charge on any atom is 0.256 e. The van der Waals surface area contributed by atoms with E-state index in [2.05, 4.69) is 27.4 Å². The average Bonchev–Trinajstić information content (AvgIpc) is 2.93. The van der Waals surface area contributed by atoms with Crippen molar-refractivity contribution in [1.29, 1.82) is 0 Å². The van der Waals surface area contributed by atoms with Gasteiger partial charge in [0.25, 0.3) is 5.91 Å². The smallest absolute Gasteiger partial charge is 0.256 e. The molecule has 2 aromatic rings. The van der Waals surface area contributed by atoms with Crippen molar-refractivity contribution in [2.24, 2.45) is 5.92 Å². The van der Waals surface area contributed by atoms with Crippen LogP contribution in [0.3, 0.4) is 0 Å². The third-order valence-corrected chi connectivity index (χ3v) is 3.84. The van der Waals surface area contributed by atoms with E-state index in [0.717, 1.165) is 25.9 Å². The van der Waals surface area contributed by atoms with Gasteiger partial charge in [-0.25, -0.2) is 9.97 Å². The van der Waals surface area contributed by atoms with Crippen LogP contribution in [-0.4, -0.2) is 39.0 Å². The number of carbonyl (C=O) groups excluding carboxylic acids is 1. The fourth-order valence-electron chi connectivity index (χ4n) is 2.44. The number of amides is 1. The predicted molar refractivity (Wildman–Crippen MR) is 80.9 cm³/mol. The van der Waals surface area contributed by atoms with Crippen molar-refractivity contribution >= 4 is 17.7 Å². The summed E-state index contributed by atoms with van der Waals surface area (Å²) in [7, 11) is 0. The summed E-state index contributed by atoms with van der Waals surface area (Å²) in [6.07, 6.45) is 5.20. The molecule has 0 aliphatic carbocycles. The van der Waals surface area contributed by atoms with Gasteiger partial charge >= 0.3 is 0 Å². The first-order valence-electron chi connectivity index (χ1n) is 7.43. The minimum absolute atomic E-state index is 0.00395. The van der Waals surface area contributed by atoms with Crippen LogP contribution in [0.2, 0.25) is 0 Å². The van der Waals surface area contributed by atoms with Crippen LogP contribution in [-0.2, 0) is 0 Å². The fourth-order valence-corrected chi connectivity index (χ4v) is 2.44. The second-order valence-corrected chi connectivity index (χ2v) is 5.72. The number of rotatable bonds is 3. The van der Waals surface area contributed by atoms with Crippen molar-refractivity contribution in [3.05, 3.63) is 29.8 Å². The molecule has 0 bridgehead atoms. The van der Waals surface area contributed by atoms with E-state index >= 15 is 0 Å². The highest BCUT2D eigenvalue weighted by atomic mass is 16.5. The summed E-state index contributed by atoms with van der Waals surface area (Å²) in [5.74, 6) is 2.32. The molecular formula is C15H19N5O2. The summed E-state index contributed by atoms with van der Waals surface area (Å²) in [5.41, 5.74) is 0.511. The minimum atomic E-state index is -0.00395. The zero-order chi connectivity index (χ0) is 15.5. The zero-order valence-corrected chi connectivity index (χ0v) is 12.7. The van der Waals surface area contributed by atoms with Crippen LogP contribution in [0.5, 0.6) is 0 Å². The third kappa shape index (κ3) is 3.24. The van der Waals surface area contributed by atoms with Gasteiger partial charge < -0.3 is 14.7 Å². The molecule has 1 amide bonds. The lowest BCUT2D eigenvalue weighted by Crippen LogP contribution is -2.38. The van der Waals surface area contributed by atoms with E-state index in [0.29, 0.717) is 29.0 Å². The van der Waals surface area contributed by atoms with E-state index < -0.39 is 0 Å². The molecule has 0 atom stereocenters. The third-order valence-electron chi connectivity index (χ3n) is 3.84. The monoisotopic (exact) mass is 301 g/mol. The van der Waals surface area contributed by atoms with E-state index in [1.807, 2.05) is 4.90 Å². The van der Waals surface area contributed by atoms with Crippen molar-refractivity contribution in [3.63, 3.8) is 0 Å². The molecule has 0 radical (unpaired) electrons. The Balaban J connectivity index is 1.64. The number of nitrogens with zero attached hydrogens (tertiary/aromatic N) is 4. The van der Waals surface area contributed by atoms with E-state index in [-0.39, 0.29) is 5.91 Å². The summed E-state index contributed by atoms with van der Waals surface area (Å²) in [5, 5.41) is 6.73. The normalized spacial score (nSPS) is 15.8. The fraction of sp³-hybridized carbons (Fsp3) is 0.467. The summed E-state index contributed by atoms with van der Waals surface area (Å²) in [6.45, 7) is 5.63. The summed E-state index contributed by atoms with van der Waals surface area (Å²) in [6, 6.07) is 1.75. The molecule has 1 aliphatic heterocycles. The number of carbonyl (C=O) groups is 1. The molecular weight excluding hydrogens is 282 g/mol. The van der Waals surface area contributed by atoms with E-state index in [1.54, 1.807) is 25.4 Å². The van der Waals surface area contributed by atoms with Crippen molar-refractivity contribution in [2.75, 3.05) is 18.4 Å². The Morgan fingerprint density at radius 2 is 2.00 bits per heavy atom. The number of piperidine rings is 1. The van der Waals surface area contributed by atoms with Gasteiger partial charge in [-0.1, -0.05) is 12.1 Å². The molecule has 1 N–H and O–H groups in total. The number of hydrogen-bond donors (Lipinski definition) is 1. The Hall–Kier alpha value is -2.44. The number of likely N-dealkylation sites (tertiary alicyclic amines) is 1. The molecule has 0 spiro atoms. The Bertz CT molecular complexity index is 644. The minimum Gasteiger partial charge on any atom is -0.360 e. The van der Waals surface area contributed by atoms with Crippen molar-refractivity contribution in [1.82, 2.24) is 20.0 Å². The highest BCUT2D eigenvalue weighted by molar-refractivity contribution is 5.93. The predicted octanol–water partition coefficient (Wildman–Crippen LogP) is 2.39. The average molecular weight is 301 g/mol. The van der Waals surface area contributed by atoms with Gasteiger partial charge in [0.2, 0.25) is 5.95 Å². The van der Waals surface area contributed by atoms with E-state index in [9.17, 15) is 4.79 Å². The van der Waals surface area contributed by atoms with Gasteiger partial charge in [-0.15, -0.1) is 0 Å². The molecule has 22 heavy (non-hydrogen) atoms. The Labute approximate surface area is 128 Å². The summed E-state index contributed by atoms with van der Waals surface area (Å²) >= 11 is 0. The molecule has 2 aromatic heterocycles. The van der Waals surface area contributed by atoms with Crippen LogP contribution in [0.15, 0.2) is 23.0 Å². The van der Waals surface area contributed by atoms with Crippen LogP contribution >= 0.6 is 0 Å². The van der Waals surface area contributed by atoms with Gasteiger partial charge in [-0.05, 0) is 25.7 Å². The van der Waals surface area contributed by atoms with Gasteiger partial charge in [-0.2, -0.15) is 0 Å². The maximum absolute atomic E-state index is 12.4. The van der Waals surface area contributed by atoms with Crippen molar-refractivity contribution in [3.8, 4) is 0 Å². The van der Waals surface area contributed by atoms with Crippen LogP contribution in [0.25, 0.3) is 0 Å². The van der Waals surface area contributed by atoms with Gasteiger partial charge in [0, 0.05) is 31.5 Å². The summed E-state index contributed by atoms with van der Waals surface area (Å²) < 4.78 is 4.96. The number of aryl methyl sites for hydroxylation is 1. The first-order valence-corrected chi connectivity index (χ1v) is 7.43. The molecule has 1 aliphatic rings. The highest BCUT2D eigenvalue weighted by Gasteiger charge is 2.21. The largest absolute Gasteiger partial charge is 0.360 e. The molecule has 0 saturated carbocycles. The molecule has 0 unspecified atom stereocenters. The van der Waals surface area contributed by atoms with Gasteiger partial charge in [0.05, 0.1) is 5.56 Å². The molecule has 116 valence electrons. The van der Waals surface area contributed by atoms with Crippen LogP contribution < -0.4 is 5.32 Å². The lowest BCUT2D eigenvalue weighted by atomic mass is 9.99. The second-order valence-electron chi connectivity index (χ2n) is 5.72. The van der Waals surface area contributed by atoms with Crippen LogP contribution in [0, 0.1) is 12.8 Å². The number of nitrogens with one attached hydrogen (secondary N) is 1.